The lowest BCUT2D eigenvalue weighted by atomic mass is 10.6. The highest BCUT2D eigenvalue weighted by Crippen LogP contribution is 1.74. The lowest BCUT2D eigenvalue weighted by Crippen LogP contribution is -1.92. The molecule has 0 saturated heterocycles. The molecule has 46 valence electrons. The number of hydrogen-bond acceptors (Lipinski definition) is 2. The van der Waals surface area contributed by atoms with Crippen LogP contribution in [0.2, 0.25) is 0 Å². The minimum Gasteiger partial charge on any atom is -0.497 e. The Kier molecular flexibility index (Phi) is 5.65. The first-order chi connectivity index (χ1) is 3.91. The first-order valence-electron chi connectivity index (χ1n) is 2.49. The van der Waals surface area contributed by atoms with Crippen molar-refractivity contribution < 1.29 is 4.74 Å². The Bertz CT molecular complexity index is 78.6. The summed E-state index contributed by atoms with van der Waals surface area (Å²) < 4.78 is 4.84. The number of ether oxygens (including phenoxy) is 1. The molecule has 2 nitrogen and oxygen atoms in total. The molecule has 0 amide bonds. The van der Waals surface area contributed by atoms with Gasteiger partial charge in [-0.05, 0) is 6.08 Å². The van der Waals surface area contributed by atoms with Crippen LogP contribution in [-0.2, 0) is 4.74 Å². The van der Waals surface area contributed by atoms with E-state index in [0.29, 0.717) is 13.2 Å². The maximum absolute atomic E-state index is 5.12. The van der Waals surface area contributed by atoms with Crippen LogP contribution < -0.4 is 5.73 Å². The van der Waals surface area contributed by atoms with E-state index in [0.717, 1.165) is 0 Å². The molecule has 0 aliphatic heterocycles. The molecule has 0 aromatic rings. The van der Waals surface area contributed by atoms with Crippen molar-refractivity contribution in [3.8, 4) is 0 Å². The molecule has 0 aromatic carbocycles. The van der Waals surface area contributed by atoms with Crippen LogP contribution in [0.5, 0.6) is 0 Å². The topological polar surface area (TPSA) is 35.2 Å². The molecule has 0 heterocycles. The Balaban J connectivity index is 2.90. The average Bonchev–Trinajstić information content (AvgIpc) is 1.81. The maximum atomic E-state index is 5.12. The highest BCUT2D eigenvalue weighted by Gasteiger charge is 1.67. The molecule has 0 saturated carbocycles. The van der Waals surface area contributed by atoms with Gasteiger partial charge in [-0.15, -0.1) is 0 Å². The highest BCUT2D eigenvalue weighted by molar-refractivity contribution is 4.75. The van der Waals surface area contributed by atoms with Crippen molar-refractivity contribution in [1.82, 2.24) is 0 Å². The van der Waals surface area contributed by atoms with Gasteiger partial charge < -0.3 is 10.5 Å². The number of rotatable bonds is 4. The van der Waals surface area contributed by atoms with E-state index in [1.54, 1.807) is 18.4 Å². The van der Waals surface area contributed by atoms with Crippen molar-refractivity contribution in [2.45, 2.75) is 0 Å². The Labute approximate surface area is 49.6 Å². The molecule has 0 rings (SSSR count). The molecule has 0 unspecified atom stereocenters. The Morgan fingerprint density at radius 3 is 2.88 bits per heavy atom. The minimum atomic E-state index is 0.525. The monoisotopic (exact) mass is 113 g/mol. The van der Waals surface area contributed by atoms with E-state index in [1.807, 2.05) is 0 Å². The second kappa shape index (κ2) is 6.24. The van der Waals surface area contributed by atoms with Gasteiger partial charge in [0.2, 0.25) is 0 Å². The van der Waals surface area contributed by atoms with Crippen LogP contribution in [-0.4, -0.2) is 13.2 Å². The first-order valence-corrected chi connectivity index (χ1v) is 2.49. The first kappa shape index (κ1) is 7.24. The van der Waals surface area contributed by atoms with Gasteiger partial charge in [0.1, 0.15) is 6.61 Å². The fraction of sp³-hybridized carbons (Fsp3) is 0.333. The minimum absolute atomic E-state index is 0.525. The van der Waals surface area contributed by atoms with Crippen LogP contribution in [0, 0.1) is 0 Å². The molecule has 0 atom stereocenters. The summed E-state index contributed by atoms with van der Waals surface area (Å²) in [5.74, 6) is 0. The summed E-state index contributed by atoms with van der Waals surface area (Å²) in [7, 11) is 0. The second-order valence-electron chi connectivity index (χ2n) is 1.23. The summed E-state index contributed by atoms with van der Waals surface area (Å²) in [5, 5.41) is 0. The normalized spacial score (nSPS) is 9.62. The van der Waals surface area contributed by atoms with E-state index in [9.17, 15) is 0 Å². The third-order valence-corrected chi connectivity index (χ3v) is 0.543. The van der Waals surface area contributed by atoms with Gasteiger partial charge in [-0.3, -0.25) is 0 Å². The van der Waals surface area contributed by atoms with Gasteiger partial charge in [0.15, 0.2) is 0 Å². The quantitative estimate of drug-likeness (QED) is 0.330. The molecule has 0 fully saturated rings. The van der Waals surface area contributed by atoms with Gasteiger partial charge >= 0.3 is 0 Å². The van der Waals surface area contributed by atoms with Crippen LogP contribution in [0.15, 0.2) is 25.0 Å². The smallest absolute Gasteiger partial charge is 0.105 e. The van der Waals surface area contributed by atoms with Crippen molar-refractivity contribution in [2.75, 3.05) is 13.2 Å². The van der Waals surface area contributed by atoms with Crippen molar-refractivity contribution in [3.05, 3.63) is 25.0 Å². The lowest BCUT2D eigenvalue weighted by Gasteiger charge is -1.89. The van der Waals surface area contributed by atoms with E-state index in [2.05, 4.69) is 6.58 Å². The molecular formula is C6H11NO. The predicted molar refractivity (Wildman–Crippen MR) is 34.3 cm³/mol. The SMILES string of the molecule is C=CCOC=CCN. The van der Waals surface area contributed by atoms with Gasteiger partial charge in [-0.25, -0.2) is 0 Å². The maximum Gasteiger partial charge on any atom is 0.105 e. The highest BCUT2D eigenvalue weighted by atomic mass is 16.5. The van der Waals surface area contributed by atoms with Crippen molar-refractivity contribution >= 4 is 0 Å². The largest absolute Gasteiger partial charge is 0.497 e. The van der Waals surface area contributed by atoms with Crippen molar-refractivity contribution in [2.24, 2.45) is 5.73 Å². The van der Waals surface area contributed by atoms with E-state index in [1.165, 1.54) is 0 Å². The molecule has 0 aromatic heterocycles. The Hall–Kier alpha value is -0.760. The van der Waals surface area contributed by atoms with E-state index in [4.69, 9.17) is 10.5 Å². The fourth-order valence-corrected chi connectivity index (χ4v) is 0.247. The molecular weight excluding hydrogens is 102 g/mol. The summed E-state index contributed by atoms with van der Waals surface area (Å²) >= 11 is 0. The van der Waals surface area contributed by atoms with Crippen LogP contribution >= 0.6 is 0 Å². The van der Waals surface area contributed by atoms with Crippen LogP contribution in [0.3, 0.4) is 0 Å². The van der Waals surface area contributed by atoms with Crippen LogP contribution in [0.4, 0.5) is 0 Å². The molecule has 2 heteroatoms. The van der Waals surface area contributed by atoms with Gasteiger partial charge in [0, 0.05) is 6.54 Å². The van der Waals surface area contributed by atoms with Gasteiger partial charge in [0.05, 0.1) is 6.26 Å². The summed E-state index contributed by atoms with van der Waals surface area (Å²) in [6.45, 7) is 4.55. The van der Waals surface area contributed by atoms with Crippen LogP contribution in [0.1, 0.15) is 0 Å². The zero-order chi connectivity index (χ0) is 6.24. The molecule has 8 heavy (non-hydrogen) atoms. The van der Waals surface area contributed by atoms with E-state index >= 15 is 0 Å². The Morgan fingerprint density at radius 2 is 2.38 bits per heavy atom. The average molecular weight is 113 g/mol. The zero-order valence-electron chi connectivity index (χ0n) is 4.84. The predicted octanol–water partition coefficient (Wildman–Crippen LogP) is 0.661. The summed E-state index contributed by atoms with van der Waals surface area (Å²) in [4.78, 5) is 0. The molecule has 0 aliphatic rings. The summed E-state index contributed by atoms with van der Waals surface area (Å²) in [6.07, 6.45) is 4.99. The van der Waals surface area contributed by atoms with Gasteiger partial charge in [-0.2, -0.15) is 0 Å². The molecule has 0 aliphatic carbocycles. The summed E-state index contributed by atoms with van der Waals surface area (Å²) in [6, 6.07) is 0. The molecule has 0 bridgehead atoms. The molecule has 0 radical (unpaired) electrons. The molecule has 2 N–H and O–H groups in total. The lowest BCUT2D eigenvalue weighted by molar-refractivity contribution is 0.289. The second-order valence-corrected chi connectivity index (χ2v) is 1.23. The Morgan fingerprint density at radius 1 is 1.62 bits per heavy atom. The van der Waals surface area contributed by atoms with Crippen molar-refractivity contribution in [1.29, 1.82) is 0 Å². The fourth-order valence-electron chi connectivity index (χ4n) is 0.247. The molecule has 0 spiro atoms. The van der Waals surface area contributed by atoms with Gasteiger partial charge in [-0.1, -0.05) is 12.7 Å². The van der Waals surface area contributed by atoms with Gasteiger partial charge in [0.25, 0.3) is 0 Å². The number of nitrogens with two attached hydrogens (primary N) is 1. The zero-order valence-corrected chi connectivity index (χ0v) is 4.84. The third kappa shape index (κ3) is 5.24. The van der Waals surface area contributed by atoms with E-state index < -0.39 is 0 Å². The third-order valence-electron chi connectivity index (χ3n) is 0.543. The van der Waals surface area contributed by atoms with Crippen LogP contribution in [0.25, 0.3) is 0 Å². The number of hydrogen-bond donors (Lipinski definition) is 1. The summed E-state index contributed by atoms with van der Waals surface area (Å²) in [5.41, 5.74) is 5.12. The van der Waals surface area contributed by atoms with E-state index in [-0.39, 0.29) is 0 Å². The van der Waals surface area contributed by atoms with Crippen molar-refractivity contribution in [3.63, 3.8) is 0 Å². The standard InChI is InChI=1S/C6H11NO/c1-2-5-8-6-3-4-7/h2-3,6H,1,4-5,7H2.